The van der Waals surface area contributed by atoms with Crippen molar-refractivity contribution in [2.75, 3.05) is 12.4 Å². The van der Waals surface area contributed by atoms with Crippen molar-refractivity contribution < 1.29 is 13.9 Å². The number of nitrogens with zero attached hydrogens (tertiary/aromatic N) is 1. The summed E-state index contributed by atoms with van der Waals surface area (Å²) >= 11 is 1.41. The molecule has 4 aromatic rings. The molecule has 4 rings (SSSR count). The molecule has 1 aromatic heterocycles. The normalized spacial score (nSPS) is 10.6. The number of hydrogen-bond acceptors (Lipinski definition) is 5. The van der Waals surface area contributed by atoms with Crippen molar-refractivity contribution in [2.45, 2.75) is 0 Å². The molecule has 0 aliphatic carbocycles. The van der Waals surface area contributed by atoms with Gasteiger partial charge in [-0.2, -0.15) is 0 Å². The molecule has 0 unspecified atom stereocenters. The predicted molar refractivity (Wildman–Crippen MR) is 115 cm³/mol. The van der Waals surface area contributed by atoms with E-state index in [0.29, 0.717) is 16.4 Å². The summed E-state index contributed by atoms with van der Waals surface area (Å²) in [5, 5.41) is 5.57. The number of halogens is 1. The molecular formula is C23H17FN2O2S. The second-order valence-electron chi connectivity index (χ2n) is 6.33. The van der Waals surface area contributed by atoms with Gasteiger partial charge in [0.1, 0.15) is 17.9 Å². The summed E-state index contributed by atoms with van der Waals surface area (Å²) in [6, 6.07) is 19.6. The lowest BCUT2D eigenvalue weighted by atomic mass is 10.0. The second kappa shape index (κ2) is 8.24. The van der Waals surface area contributed by atoms with Gasteiger partial charge < -0.3 is 10.1 Å². The zero-order valence-electron chi connectivity index (χ0n) is 15.6. The number of nitrogens with one attached hydrogen (secondary N) is 1. The third-order valence-corrected chi connectivity index (χ3v) is 5.24. The van der Waals surface area contributed by atoms with Crippen LogP contribution in [0.1, 0.15) is 10.4 Å². The highest BCUT2D eigenvalue weighted by Gasteiger charge is 2.09. The fourth-order valence-electron chi connectivity index (χ4n) is 2.89. The molecule has 0 saturated heterocycles. The van der Waals surface area contributed by atoms with Crippen LogP contribution in [-0.2, 0) is 0 Å². The van der Waals surface area contributed by atoms with Crippen molar-refractivity contribution in [1.29, 1.82) is 0 Å². The summed E-state index contributed by atoms with van der Waals surface area (Å²) in [5.41, 5.74) is 4.30. The van der Waals surface area contributed by atoms with Crippen molar-refractivity contribution in [3.8, 4) is 28.1 Å². The van der Waals surface area contributed by atoms with Gasteiger partial charge in [-0.05, 0) is 47.5 Å². The molecule has 0 aliphatic heterocycles. The van der Waals surface area contributed by atoms with Crippen LogP contribution < -0.4 is 10.1 Å². The summed E-state index contributed by atoms with van der Waals surface area (Å²) < 4.78 is 19.8. The minimum Gasteiger partial charge on any atom is -0.497 e. The summed E-state index contributed by atoms with van der Waals surface area (Å²) in [5.74, 6) is 0.411. The molecule has 0 fully saturated rings. The van der Waals surface area contributed by atoms with Gasteiger partial charge in [-0.1, -0.05) is 30.3 Å². The van der Waals surface area contributed by atoms with E-state index in [4.69, 9.17) is 4.74 Å². The van der Waals surface area contributed by atoms with Crippen molar-refractivity contribution in [2.24, 2.45) is 0 Å². The quantitative estimate of drug-likeness (QED) is 0.390. The van der Waals surface area contributed by atoms with Gasteiger partial charge >= 0.3 is 0 Å². The maximum absolute atomic E-state index is 14.6. The first-order valence-electron chi connectivity index (χ1n) is 8.88. The second-order valence-corrected chi connectivity index (χ2v) is 7.18. The number of methoxy groups -OCH3 is 1. The van der Waals surface area contributed by atoms with Crippen molar-refractivity contribution >= 4 is 28.4 Å². The molecule has 4 nitrogen and oxygen atoms in total. The van der Waals surface area contributed by atoms with Crippen LogP contribution in [0, 0.1) is 5.82 Å². The third-order valence-electron chi connectivity index (χ3n) is 4.48. The predicted octanol–water partition coefficient (Wildman–Crippen LogP) is 6.18. The number of benzene rings is 3. The standard InChI is InChI=1S/C23H17FN2O2S/c1-28-19-9-6-17(7-10-19)22-14-29-23(26-22)25-21-11-8-18(12-20(21)24)16-4-2-15(13-27)3-5-16/h2-14H,1H3,(H,25,26). The summed E-state index contributed by atoms with van der Waals surface area (Å²) in [6.07, 6.45) is 0.783. The highest BCUT2D eigenvalue weighted by Crippen LogP contribution is 2.30. The van der Waals surface area contributed by atoms with Gasteiger partial charge in [0.15, 0.2) is 5.13 Å². The molecule has 0 amide bonds. The number of aldehydes is 1. The Morgan fingerprint density at radius 1 is 0.966 bits per heavy atom. The van der Waals surface area contributed by atoms with Gasteiger partial charge in [0.2, 0.25) is 0 Å². The molecule has 6 heteroatoms. The molecule has 3 aromatic carbocycles. The van der Waals surface area contributed by atoms with Gasteiger partial charge in [0.05, 0.1) is 18.5 Å². The zero-order chi connectivity index (χ0) is 20.2. The smallest absolute Gasteiger partial charge is 0.187 e. The maximum Gasteiger partial charge on any atom is 0.187 e. The lowest BCUT2D eigenvalue weighted by Gasteiger charge is -2.07. The Morgan fingerprint density at radius 3 is 2.31 bits per heavy atom. The Kier molecular flexibility index (Phi) is 5.35. The van der Waals surface area contributed by atoms with E-state index >= 15 is 0 Å². The minimum absolute atomic E-state index is 0.355. The van der Waals surface area contributed by atoms with Gasteiger partial charge in [-0.15, -0.1) is 11.3 Å². The number of thiazole rings is 1. The van der Waals surface area contributed by atoms with Gasteiger partial charge in [-0.3, -0.25) is 4.79 Å². The average Bonchev–Trinajstić information content (AvgIpc) is 3.24. The van der Waals surface area contributed by atoms with Crippen LogP contribution >= 0.6 is 11.3 Å². The summed E-state index contributed by atoms with van der Waals surface area (Å²) in [6.45, 7) is 0. The first-order valence-corrected chi connectivity index (χ1v) is 9.76. The molecule has 0 aliphatic rings. The number of carbonyl (C=O) groups excluding carboxylic acids is 1. The monoisotopic (exact) mass is 404 g/mol. The molecule has 0 bridgehead atoms. The SMILES string of the molecule is COc1ccc(-c2csc(Nc3ccc(-c4ccc(C=O)cc4)cc3F)n2)cc1. The van der Waals surface area contributed by atoms with Gasteiger partial charge in [0, 0.05) is 16.5 Å². The van der Waals surface area contributed by atoms with E-state index in [2.05, 4.69) is 10.3 Å². The topological polar surface area (TPSA) is 51.2 Å². The Morgan fingerprint density at radius 2 is 1.66 bits per heavy atom. The average molecular weight is 404 g/mol. The van der Waals surface area contributed by atoms with Crippen molar-refractivity contribution in [3.05, 3.63) is 83.5 Å². The maximum atomic E-state index is 14.6. The van der Waals surface area contributed by atoms with E-state index in [9.17, 15) is 9.18 Å². The van der Waals surface area contributed by atoms with E-state index in [1.165, 1.54) is 17.4 Å². The van der Waals surface area contributed by atoms with Crippen LogP contribution in [0.3, 0.4) is 0 Å². The number of aromatic nitrogens is 1. The van der Waals surface area contributed by atoms with Crippen molar-refractivity contribution in [1.82, 2.24) is 4.98 Å². The van der Waals surface area contributed by atoms with E-state index < -0.39 is 0 Å². The first-order chi connectivity index (χ1) is 14.2. The largest absolute Gasteiger partial charge is 0.497 e. The fourth-order valence-corrected chi connectivity index (χ4v) is 3.62. The van der Waals surface area contributed by atoms with Crippen LogP contribution in [0.2, 0.25) is 0 Å². The van der Waals surface area contributed by atoms with Crippen molar-refractivity contribution in [3.63, 3.8) is 0 Å². The number of ether oxygens (including phenoxy) is 1. The lowest BCUT2D eigenvalue weighted by molar-refractivity contribution is 0.112. The molecule has 0 spiro atoms. The van der Waals surface area contributed by atoms with E-state index in [1.807, 2.05) is 35.7 Å². The number of rotatable bonds is 6. The number of carbonyl (C=O) groups is 1. The fraction of sp³-hybridized carbons (Fsp3) is 0.0435. The van der Waals surface area contributed by atoms with Crippen LogP contribution in [0.5, 0.6) is 5.75 Å². The van der Waals surface area contributed by atoms with Crippen LogP contribution in [0.4, 0.5) is 15.2 Å². The Hall–Kier alpha value is -3.51. The molecule has 1 N–H and O–H groups in total. The Labute approximate surface area is 171 Å². The molecule has 0 saturated carbocycles. The van der Waals surface area contributed by atoms with E-state index in [0.717, 1.165) is 34.4 Å². The summed E-state index contributed by atoms with van der Waals surface area (Å²) in [4.78, 5) is 15.3. The van der Waals surface area contributed by atoms with E-state index in [1.54, 1.807) is 37.4 Å². The lowest BCUT2D eigenvalue weighted by Crippen LogP contribution is -1.94. The molecular weight excluding hydrogens is 387 g/mol. The van der Waals surface area contributed by atoms with Crippen LogP contribution in [-0.4, -0.2) is 18.4 Å². The first kappa shape index (κ1) is 18.8. The Balaban J connectivity index is 1.52. The molecule has 0 radical (unpaired) electrons. The third kappa shape index (κ3) is 4.17. The molecule has 29 heavy (non-hydrogen) atoms. The molecule has 1 heterocycles. The zero-order valence-corrected chi connectivity index (χ0v) is 16.4. The Bertz CT molecular complexity index is 1140. The highest BCUT2D eigenvalue weighted by atomic mass is 32.1. The summed E-state index contributed by atoms with van der Waals surface area (Å²) in [7, 11) is 1.62. The number of hydrogen-bond donors (Lipinski definition) is 1. The van der Waals surface area contributed by atoms with E-state index in [-0.39, 0.29) is 5.82 Å². The molecule has 144 valence electrons. The molecule has 0 atom stereocenters. The number of anilines is 2. The van der Waals surface area contributed by atoms with Crippen LogP contribution in [0.15, 0.2) is 72.1 Å². The highest BCUT2D eigenvalue weighted by molar-refractivity contribution is 7.14. The van der Waals surface area contributed by atoms with Gasteiger partial charge in [0.25, 0.3) is 0 Å². The van der Waals surface area contributed by atoms with Gasteiger partial charge in [-0.25, -0.2) is 9.37 Å². The minimum atomic E-state index is -0.372. The van der Waals surface area contributed by atoms with Crippen LogP contribution in [0.25, 0.3) is 22.4 Å².